The third-order valence-electron chi connectivity index (χ3n) is 5.67. The summed E-state index contributed by atoms with van der Waals surface area (Å²) in [7, 11) is 0. The van der Waals surface area contributed by atoms with Crippen LogP contribution in [-0.4, -0.2) is 43.0 Å². The van der Waals surface area contributed by atoms with Gasteiger partial charge in [0.1, 0.15) is 0 Å². The summed E-state index contributed by atoms with van der Waals surface area (Å²) < 4.78 is 0. The number of nitrogens with zero attached hydrogens (tertiary/aromatic N) is 5. The van der Waals surface area contributed by atoms with Crippen LogP contribution in [0.2, 0.25) is 0 Å². The molecular weight excluding hydrogens is 390 g/mol. The molecule has 2 N–H and O–H groups in total. The number of aromatic nitrogens is 5. The van der Waals surface area contributed by atoms with Crippen LogP contribution in [0.3, 0.4) is 0 Å². The van der Waals surface area contributed by atoms with E-state index in [1.165, 1.54) is 4.80 Å². The Kier molecular flexibility index (Phi) is 5.03. The summed E-state index contributed by atoms with van der Waals surface area (Å²) in [5, 5.41) is 16.0. The first-order chi connectivity index (χ1) is 15.2. The van der Waals surface area contributed by atoms with Crippen LogP contribution in [0.1, 0.15) is 35.2 Å². The Morgan fingerprint density at radius 1 is 1.06 bits per heavy atom. The number of nitrogens with one attached hydrogen (secondary N) is 2. The Hall–Kier alpha value is -3.81. The van der Waals surface area contributed by atoms with Gasteiger partial charge in [-0.05, 0) is 44.4 Å². The Balaban J connectivity index is 1.35. The Morgan fingerprint density at radius 3 is 2.74 bits per heavy atom. The number of benzene rings is 2. The molecule has 1 aliphatic rings. The lowest BCUT2D eigenvalue weighted by Gasteiger charge is -2.23. The summed E-state index contributed by atoms with van der Waals surface area (Å²) in [5.74, 6) is 0.455. The first-order valence-corrected chi connectivity index (χ1v) is 10.4. The predicted octanol–water partition coefficient (Wildman–Crippen LogP) is 3.28. The Labute approximate surface area is 179 Å². The number of para-hydroxylation sites is 1. The van der Waals surface area contributed by atoms with Gasteiger partial charge in [-0.2, -0.15) is 15.0 Å². The lowest BCUT2D eigenvalue weighted by molar-refractivity contribution is 0.0935. The molecule has 2 heterocycles. The van der Waals surface area contributed by atoms with Gasteiger partial charge in [0.15, 0.2) is 0 Å². The second kappa shape index (κ2) is 8.14. The van der Waals surface area contributed by atoms with Gasteiger partial charge in [0.25, 0.3) is 5.91 Å². The molecule has 156 valence electrons. The number of anilines is 1. The fourth-order valence-electron chi connectivity index (χ4n) is 4.11. The van der Waals surface area contributed by atoms with E-state index in [4.69, 9.17) is 0 Å². The number of rotatable bonds is 5. The number of amides is 1. The van der Waals surface area contributed by atoms with Crippen LogP contribution >= 0.6 is 0 Å². The van der Waals surface area contributed by atoms with Crippen molar-refractivity contribution < 1.29 is 4.79 Å². The first kappa shape index (κ1) is 19.2. The molecule has 5 rings (SSSR count). The topological polar surface area (TPSA) is 97.6 Å². The molecule has 4 aromatic rings. The normalized spacial score (nSPS) is 18.2. The highest BCUT2D eigenvalue weighted by Gasteiger charge is 2.30. The van der Waals surface area contributed by atoms with Crippen molar-refractivity contribution in [1.29, 1.82) is 0 Å². The van der Waals surface area contributed by atoms with Gasteiger partial charge in [0.05, 0.1) is 29.2 Å². The number of aryl methyl sites for hydroxylation is 1. The molecular formula is C23H23N7O. The van der Waals surface area contributed by atoms with E-state index in [0.717, 1.165) is 35.7 Å². The molecule has 1 fully saturated rings. The van der Waals surface area contributed by atoms with Crippen LogP contribution in [0.15, 0.2) is 61.1 Å². The average Bonchev–Trinajstić information content (AvgIpc) is 3.46. The maximum atomic E-state index is 13.2. The van der Waals surface area contributed by atoms with Gasteiger partial charge in [0, 0.05) is 23.7 Å². The van der Waals surface area contributed by atoms with Crippen LogP contribution in [0, 0.1) is 6.92 Å². The molecule has 2 atom stereocenters. The molecule has 1 aliphatic carbocycles. The van der Waals surface area contributed by atoms with Crippen molar-refractivity contribution >= 4 is 22.8 Å². The zero-order valence-electron chi connectivity index (χ0n) is 17.2. The van der Waals surface area contributed by atoms with Gasteiger partial charge >= 0.3 is 0 Å². The van der Waals surface area contributed by atoms with Crippen molar-refractivity contribution in [2.45, 2.75) is 38.3 Å². The van der Waals surface area contributed by atoms with E-state index < -0.39 is 0 Å². The van der Waals surface area contributed by atoms with E-state index in [1.807, 2.05) is 55.6 Å². The molecule has 8 nitrogen and oxygen atoms in total. The fourth-order valence-corrected chi connectivity index (χ4v) is 4.11. The zero-order valence-corrected chi connectivity index (χ0v) is 17.2. The quantitative estimate of drug-likeness (QED) is 0.521. The molecule has 0 bridgehead atoms. The second-order valence-corrected chi connectivity index (χ2v) is 7.85. The van der Waals surface area contributed by atoms with E-state index >= 15 is 0 Å². The van der Waals surface area contributed by atoms with Crippen LogP contribution < -0.4 is 10.6 Å². The van der Waals surface area contributed by atoms with Crippen molar-refractivity contribution in [2.75, 3.05) is 5.32 Å². The van der Waals surface area contributed by atoms with Crippen molar-refractivity contribution in [3.8, 4) is 5.69 Å². The highest BCUT2D eigenvalue weighted by atomic mass is 16.1. The van der Waals surface area contributed by atoms with Gasteiger partial charge in [-0.15, -0.1) is 0 Å². The maximum absolute atomic E-state index is 13.2. The molecule has 0 saturated heterocycles. The first-order valence-electron chi connectivity index (χ1n) is 10.4. The smallest absolute Gasteiger partial charge is 0.253 e. The Bertz CT molecular complexity index is 1220. The summed E-state index contributed by atoms with van der Waals surface area (Å²) in [5.41, 5.74) is 3.12. The van der Waals surface area contributed by atoms with Crippen molar-refractivity contribution in [1.82, 2.24) is 30.3 Å². The summed E-state index contributed by atoms with van der Waals surface area (Å²) >= 11 is 0. The summed E-state index contributed by atoms with van der Waals surface area (Å²) in [4.78, 5) is 23.7. The predicted molar refractivity (Wildman–Crippen MR) is 118 cm³/mol. The largest absolute Gasteiger partial charge is 0.349 e. The lowest BCUT2D eigenvalue weighted by Crippen LogP contribution is -2.43. The minimum absolute atomic E-state index is 0.0125. The minimum atomic E-state index is -0.130. The highest BCUT2D eigenvalue weighted by molar-refractivity contribution is 5.98. The number of hydrogen-bond donors (Lipinski definition) is 2. The maximum Gasteiger partial charge on any atom is 0.253 e. The Morgan fingerprint density at radius 2 is 1.87 bits per heavy atom. The molecule has 1 saturated carbocycles. The molecule has 0 spiro atoms. The lowest BCUT2D eigenvalue weighted by atomic mass is 10.1. The van der Waals surface area contributed by atoms with E-state index in [2.05, 4.69) is 30.8 Å². The zero-order chi connectivity index (χ0) is 21.2. The summed E-state index contributed by atoms with van der Waals surface area (Å²) in [6.45, 7) is 1.97. The minimum Gasteiger partial charge on any atom is -0.349 e. The summed E-state index contributed by atoms with van der Waals surface area (Å²) in [6, 6.07) is 13.7. The number of carbonyl (C=O) groups is 1. The van der Waals surface area contributed by atoms with Gasteiger partial charge in [-0.3, -0.25) is 4.79 Å². The van der Waals surface area contributed by atoms with Crippen LogP contribution in [-0.2, 0) is 0 Å². The number of fused-ring (bicyclic) bond motifs is 1. The van der Waals surface area contributed by atoms with E-state index in [-0.39, 0.29) is 18.0 Å². The third-order valence-corrected chi connectivity index (χ3v) is 5.67. The molecule has 8 heteroatoms. The van der Waals surface area contributed by atoms with E-state index in [9.17, 15) is 4.79 Å². The molecule has 0 unspecified atom stereocenters. The van der Waals surface area contributed by atoms with Crippen molar-refractivity contribution in [3.63, 3.8) is 0 Å². The van der Waals surface area contributed by atoms with E-state index in [0.29, 0.717) is 17.2 Å². The SMILES string of the molecule is Cc1ccc(-n2nccn2)c(C(=O)N[C@H]2CCC[C@H]2Nc2ncc3ccccc3n2)c1. The van der Waals surface area contributed by atoms with Gasteiger partial charge in [0.2, 0.25) is 5.95 Å². The monoisotopic (exact) mass is 413 g/mol. The summed E-state index contributed by atoms with van der Waals surface area (Å²) in [6.07, 6.45) is 7.89. The van der Waals surface area contributed by atoms with Crippen LogP contribution in [0.4, 0.5) is 5.95 Å². The molecule has 0 aliphatic heterocycles. The fraction of sp³-hybridized carbons (Fsp3) is 0.261. The highest BCUT2D eigenvalue weighted by Crippen LogP contribution is 2.24. The van der Waals surface area contributed by atoms with Gasteiger partial charge in [-0.1, -0.05) is 29.8 Å². The van der Waals surface area contributed by atoms with Crippen molar-refractivity contribution in [3.05, 3.63) is 72.2 Å². The van der Waals surface area contributed by atoms with Crippen LogP contribution in [0.5, 0.6) is 0 Å². The molecule has 1 amide bonds. The molecule has 31 heavy (non-hydrogen) atoms. The average molecular weight is 413 g/mol. The van der Waals surface area contributed by atoms with E-state index in [1.54, 1.807) is 12.4 Å². The number of hydrogen-bond acceptors (Lipinski definition) is 6. The molecule has 2 aromatic carbocycles. The van der Waals surface area contributed by atoms with Crippen LogP contribution in [0.25, 0.3) is 16.6 Å². The molecule has 2 aromatic heterocycles. The standard InChI is InChI=1S/C23H23N7O/c1-15-9-10-21(30-25-11-12-26-30)17(13-15)22(31)27-19-7-4-8-20(19)29-23-24-14-16-5-2-3-6-18(16)28-23/h2-3,5-6,9-14,19-20H,4,7-8H2,1H3,(H,27,31)(H,24,28,29)/t19-,20+/m0/s1. The van der Waals surface area contributed by atoms with Gasteiger partial charge in [-0.25, -0.2) is 9.97 Å². The van der Waals surface area contributed by atoms with Crippen molar-refractivity contribution in [2.24, 2.45) is 0 Å². The molecule has 0 radical (unpaired) electrons. The third kappa shape index (κ3) is 3.96. The number of carbonyl (C=O) groups excluding carboxylic acids is 1. The second-order valence-electron chi connectivity index (χ2n) is 7.85. The van der Waals surface area contributed by atoms with Gasteiger partial charge < -0.3 is 10.6 Å².